The van der Waals surface area contributed by atoms with Gasteiger partial charge in [-0.2, -0.15) is 4.31 Å². The van der Waals surface area contributed by atoms with Crippen LogP contribution in [-0.4, -0.2) is 44.5 Å². The summed E-state index contributed by atoms with van der Waals surface area (Å²) in [6.45, 7) is 2.06. The summed E-state index contributed by atoms with van der Waals surface area (Å²) >= 11 is 0. The highest BCUT2D eigenvalue weighted by atomic mass is 32.2. The van der Waals surface area contributed by atoms with Crippen LogP contribution < -0.4 is 11.3 Å². The van der Waals surface area contributed by atoms with Crippen LogP contribution in [0.3, 0.4) is 0 Å². The Morgan fingerprint density at radius 1 is 1.61 bits per heavy atom. The summed E-state index contributed by atoms with van der Waals surface area (Å²) in [6.07, 6.45) is 2.73. The molecule has 1 atom stereocenters. The highest BCUT2D eigenvalue weighted by Crippen LogP contribution is 2.23. The number of anilines is 1. The van der Waals surface area contributed by atoms with Crippen LogP contribution in [0.15, 0.2) is 23.4 Å². The lowest BCUT2D eigenvalue weighted by Crippen LogP contribution is -2.38. The molecule has 0 spiro atoms. The maximum Gasteiger partial charge on any atom is 0.246 e. The number of methoxy groups -OCH3 is 1. The maximum atomic E-state index is 12.4. The first kappa shape index (κ1) is 14.8. The Balaban J connectivity index is 3.13. The van der Waals surface area contributed by atoms with E-state index in [0.29, 0.717) is 12.3 Å². The number of likely N-dealkylation sites (N-methyl/N-ethyl adjacent to an activating group) is 1. The molecule has 1 rings (SSSR count). The zero-order valence-corrected chi connectivity index (χ0v) is 11.4. The molecule has 0 fully saturated rings. The first-order valence-corrected chi connectivity index (χ1v) is 6.76. The van der Waals surface area contributed by atoms with Gasteiger partial charge in [0.05, 0.1) is 12.3 Å². The molecular formula is C10H18N4O3S. The van der Waals surface area contributed by atoms with E-state index in [1.165, 1.54) is 36.9 Å². The first-order valence-electron chi connectivity index (χ1n) is 5.32. The molecule has 1 unspecified atom stereocenters. The molecule has 8 heteroatoms. The largest absolute Gasteiger partial charge is 0.383 e. The Morgan fingerprint density at radius 2 is 2.28 bits per heavy atom. The van der Waals surface area contributed by atoms with Gasteiger partial charge in [-0.25, -0.2) is 8.42 Å². The number of nitrogen functional groups attached to an aromatic ring is 1. The van der Waals surface area contributed by atoms with Gasteiger partial charge in [-0.3, -0.25) is 10.8 Å². The van der Waals surface area contributed by atoms with E-state index in [-0.39, 0.29) is 10.9 Å². The average molecular weight is 274 g/mol. The molecule has 7 nitrogen and oxygen atoms in total. The van der Waals surface area contributed by atoms with Crippen LogP contribution in [0.1, 0.15) is 6.92 Å². The zero-order valence-electron chi connectivity index (χ0n) is 10.6. The molecule has 0 bridgehead atoms. The molecule has 0 amide bonds. The Morgan fingerprint density at radius 3 is 2.83 bits per heavy atom. The smallest absolute Gasteiger partial charge is 0.246 e. The maximum absolute atomic E-state index is 12.4. The highest BCUT2D eigenvalue weighted by Gasteiger charge is 2.27. The van der Waals surface area contributed by atoms with Gasteiger partial charge in [-0.1, -0.05) is 0 Å². The highest BCUT2D eigenvalue weighted by molar-refractivity contribution is 7.89. The van der Waals surface area contributed by atoms with Crippen LogP contribution in [0.5, 0.6) is 0 Å². The molecule has 0 saturated heterocycles. The fourth-order valence-electron chi connectivity index (χ4n) is 1.44. The molecular weight excluding hydrogens is 256 g/mol. The van der Waals surface area contributed by atoms with Gasteiger partial charge in [-0.15, -0.1) is 0 Å². The van der Waals surface area contributed by atoms with Crippen molar-refractivity contribution in [2.24, 2.45) is 5.84 Å². The van der Waals surface area contributed by atoms with Crippen molar-refractivity contribution < 1.29 is 13.2 Å². The molecule has 1 heterocycles. The summed E-state index contributed by atoms with van der Waals surface area (Å²) in [5, 5.41) is 0. The van der Waals surface area contributed by atoms with Crippen LogP contribution in [0, 0.1) is 0 Å². The minimum absolute atomic E-state index is 0.0398. The molecule has 0 aliphatic rings. The van der Waals surface area contributed by atoms with Crippen molar-refractivity contribution in [2.75, 3.05) is 26.2 Å². The van der Waals surface area contributed by atoms with E-state index in [0.717, 1.165) is 0 Å². The van der Waals surface area contributed by atoms with Crippen molar-refractivity contribution >= 4 is 15.7 Å². The summed E-state index contributed by atoms with van der Waals surface area (Å²) < 4.78 is 30.9. The zero-order chi connectivity index (χ0) is 13.8. The van der Waals surface area contributed by atoms with Crippen LogP contribution in [0.4, 0.5) is 5.69 Å². The van der Waals surface area contributed by atoms with E-state index in [9.17, 15) is 8.42 Å². The lowest BCUT2D eigenvalue weighted by molar-refractivity contribution is 0.149. The normalized spacial score (nSPS) is 13.6. The van der Waals surface area contributed by atoms with E-state index in [1.54, 1.807) is 6.92 Å². The van der Waals surface area contributed by atoms with Gasteiger partial charge in [-0.05, 0) is 13.0 Å². The molecule has 1 aromatic rings. The fourth-order valence-corrected chi connectivity index (χ4v) is 2.89. The second-order valence-corrected chi connectivity index (χ2v) is 5.81. The third-order valence-corrected chi connectivity index (χ3v) is 4.62. The monoisotopic (exact) mass is 274 g/mol. The summed E-state index contributed by atoms with van der Waals surface area (Å²) in [4.78, 5) is 3.85. The second-order valence-electron chi connectivity index (χ2n) is 3.84. The van der Waals surface area contributed by atoms with Gasteiger partial charge < -0.3 is 10.2 Å². The number of nitrogens with two attached hydrogens (primary N) is 1. The summed E-state index contributed by atoms with van der Waals surface area (Å²) in [6, 6.07) is 1.22. The summed E-state index contributed by atoms with van der Waals surface area (Å²) in [5.41, 5.74) is 2.66. The summed E-state index contributed by atoms with van der Waals surface area (Å²) in [5.74, 6) is 5.30. The molecule has 102 valence electrons. The predicted molar refractivity (Wildman–Crippen MR) is 68.3 cm³/mol. The lowest BCUT2D eigenvalue weighted by atomic mass is 10.4. The van der Waals surface area contributed by atoms with E-state index in [4.69, 9.17) is 10.6 Å². The van der Waals surface area contributed by atoms with Crippen molar-refractivity contribution in [3.8, 4) is 0 Å². The van der Waals surface area contributed by atoms with Crippen molar-refractivity contribution in [1.82, 2.24) is 9.29 Å². The number of pyridine rings is 1. The van der Waals surface area contributed by atoms with Crippen LogP contribution in [-0.2, 0) is 14.8 Å². The Bertz CT molecular complexity index is 492. The fraction of sp³-hybridized carbons (Fsp3) is 0.500. The average Bonchev–Trinajstić information content (AvgIpc) is 2.38. The van der Waals surface area contributed by atoms with Crippen LogP contribution in [0.2, 0.25) is 0 Å². The second kappa shape index (κ2) is 6.10. The molecule has 0 aliphatic carbocycles. The minimum atomic E-state index is -3.65. The number of hydrogen-bond donors (Lipinski definition) is 2. The van der Waals surface area contributed by atoms with E-state index in [2.05, 4.69) is 10.4 Å². The molecule has 18 heavy (non-hydrogen) atoms. The topological polar surface area (TPSA) is 97.5 Å². The SMILES string of the molecule is COCC(C)N(C)S(=O)(=O)c1cnccc1NN. The number of rotatable bonds is 6. The van der Waals surface area contributed by atoms with Gasteiger partial charge in [0.2, 0.25) is 10.0 Å². The molecule has 0 saturated carbocycles. The number of sulfonamides is 1. The number of hydrogen-bond acceptors (Lipinski definition) is 6. The molecule has 0 radical (unpaired) electrons. The Hall–Kier alpha value is -1.22. The van der Waals surface area contributed by atoms with Gasteiger partial charge in [0.25, 0.3) is 0 Å². The Labute approximate surface area is 107 Å². The van der Waals surface area contributed by atoms with Gasteiger partial charge in [0.15, 0.2) is 0 Å². The van der Waals surface area contributed by atoms with Crippen LogP contribution >= 0.6 is 0 Å². The number of hydrazine groups is 1. The van der Waals surface area contributed by atoms with Gasteiger partial charge >= 0.3 is 0 Å². The Kier molecular flexibility index (Phi) is 5.03. The van der Waals surface area contributed by atoms with Crippen molar-refractivity contribution in [3.63, 3.8) is 0 Å². The van der Waals surface area contributed by atoms with Crippen molar-refractivity contribution in [3.05, 3.63) is 18.5 Å². The van der Waals surface area contributed by atoms with Crippen LogP contribution in [0.25, 0.3) is 0 Å². The van der Waals surface area contributed by atoms with E-state index < -0.39 is 10.0 Å². The molecule has 0 aromatic carbocycles. The first-order chi connectivity index (χ1) is 8.45. The number of ether oxygens (including phenoxy) is 1. The predicted octanol–water partition coefficient (Wildman–Crippen LogP) is 0.0226. The van der Waals surface area contributed by atoms with Crippen molar-refractivity contribution in [2.45, 2.75) is 17.9 Å². The molecule has 3 N–H and O–H groups in total. The third-order valence-electron chi connectivity index (χ3n) is 2.63. The number of nitrogens with zero attached hydrogens (tertiary/aromatic N) is 2. The summed E-state index contributed by atoms with van der Waals surface area (Å²) in [7, 11) is -0.641. The lowest BCUT2D eigenvalue weighted by Gasteiger charge is -2.24. The van der Waals surface area contributed by atoms with Crippen molar-refractivity contribution in [1.29, 1.82) is 0 Å². The molecule has 0 aliphatic heterocycles. The number of aromatic nitrogens is 1. The standard InChI is InChI=1S/C10H18N4O3S/c1-8(7-17-3)14(2)18(15,16)10-6-12-5-4-9(10)13-11/h4-6,8H,7,11H2,1-3H3,(H,12,13). The quantitative estimate of drug-likeness (QED) is 0.561. The number of nitrogens with one attached hydrogen (secondary N) is 1. The van der Waals surface area contributed by atoms with E-state index >= 15 is 0 Å². The third kappa shape index (κ3) is 2.96. The van der Waals surface area contributed by atoms with E-state index in [1.807, 2.05) is 0 Å². The molecule has 1 aromatic heterocycles. The minimum Gasteiger partial charge on any atom is -0.383 e. The van der Waals surface area contributed by atoms with Gasteiger partial charge in [0, 0.05) is 32.6 Å². The van der Waals surface area contributed by atoms with Gasteiger partial charge in [0.1, 0.15) is 4.90 Å².